The molecule has 0 aromatic heterocycles. The molecule has 2 heterocycles. The number of aliphatic hydroxyl groups excluding tert-OH is 1. The van der Waals surface area contributed by atoms with Gasteiger partial charge in [-0.25, -0.2) is 0 Å². The maximum Gasteiger partial charge on any atom is 0.237 e. The molecule has 2 rings (SSSR count). The SMILES string of the molecule is CN1CCCC1C(=O)NC1COCC(O)C1. The maximum atomic E-state index is 11.9. The summed E-state index contributed by atoms with van der Waals surface area (Å²) in [4.78, 5) is 14.0. The van der Waals surface area contributed by atoms with Gasteiger partial charge in [0.25, 0.3) is 0 Å². The number of nitrogens with one attached hydrogen (secondary N) is 1. The third kappa shape index (κ3) is 2.72. The zero-order valence-electron chi connectivity index (χ0n) is 9.69. The molecule has 0 saturated carbocycles. The second-order valence-electron chi connectivity index (χ2n) is 4.77. The minimum Gasteiger partial charge on any atom is -0.391 e. The number of hydrogen-bond acceptors (Lipinski definition) is 4. The molecule has 2 fully saturated rings. The molecule has 1 amide bonds. The molecule has 2 aliphatic rings. The van der Waals surface area contributed by atoms with Crippen molar-refractivity contribution in [1.82, 2.24) is 10.2 Å². The fourth-order valence-electron chi connectivity index (χ4n) is 2.45. The molecule has 16 heavy (non-hydrogen) atoms. The van der Waals surface area contributed by atoms with Crippen molar-refractivity contribution in [2.45, 2.75) is 37.5 Å². The number of likely N-dealkylation sites (N-methyl/N-ethyl adjacent to an activating group) is 1. The Balaban J connectivity index is 1.82. The molecule has 3 unspecified atom stereocenters. The van der Waals surface area contributed by atoms with E-state index in [0.29, 0.717) is 19.6 Å². The summed E-state index contributed by atoms with van der Waals surface area (Å²) >= 11 is 0. The van der Waals surface area contributed by atoms with Gasteiger partial charge in [-0.3, -0.25) is 9.69 Å². The second-order valence-corrected chi connectivity index (χ2v) is 4.77. The van der Waals surface area contributed by atoms with Crippen LogP contribution in [0.15, 0.2) is 0 Å². The van der Waals surface area contributed by atoms with Crippen LogP contribution in [-0.2, 0) is 9.53 Å². The van der Waals surface area contributed by atoms with Crippen LogP contribution < -0.4 is 5.32 Å². The van der Waals surface area contributed by atoms with E-state index >= 15 is 0 Å². The van der Waals surface area contributed by atoms with Crippen molar-refractivity contribution in [3.63, 3.8) is 0 Å². The lowest BCUT2D eigenvalue weighted by Gasteiger charge is -2.29. The monoisotopic (exact) mass is 228 g/mol. The predicted molar refractivity (Wildman–Crippen MR) is 59.0 cm³/mol. The first-order valence-electron chi connectivity index (χ1n) is 5.93. The summed E-state index contributed by atoms with van der Waals surface area (Å²) in [7, 11) is 1.98. The summed E-state index contributed by atoms with van der Waals surface area (Å²) in [5.74, 6) is 0.0719. The molecule has 2 N–H and O–H groups in total. The average molecular weight is 228 g/mol. The number of carbonyl (C=O) groups is 1. The first-order valence-corrected chi connectivity index (χ1v) is 5.93. The van der Waals surface area contributed by atoms with E-state index in [1.807, 2.05) is 7.05 Å². The molecule has 0 aromatic rings. The Labute approximate surface area is 95.8 Å². The summed E-state index contributed by atoms with van der Waals surface area (Å²) < 4.78 is 5.21. The number of carbonyl (C=O) groups excluding carboxylic acids is 1. The fraction of sp³-hybridized carbons (Fsp3) is 0.909. The first-order chi connectivity index (χ1) is 7.66. The van der Waals surface area contributed by atoms with E-state index in [2.05, 4.69) is 10.2 Å². The van der Waals surface area contributed by atoms with Gasteiger partial charge >= 0.3 is 0 Å². The van der Waals surface area contributed by atoms with E-state index in [1.54, 1.807) is 0 Å². The number of aliphatic hydroxyl groups is 1. The Bertz CT molecular complexity index is 260. The summed E-state index contributed by atoms with van der Waals surface area (Å²) in [6, 6.07) is -0.0377. The van der Waals surface area contributed by atoms with Crippen LogP contribution in [0, 0.1) is 0 Å². The van der Waals surface area contributed by atoms with E-state index in [0.717, 1.165) is 19.4 Å². The number of nitrogens with zero attached hydrogens (tertiary/aromatic N) is 1. The van der Waals surface area contributed by atoms with Crippen LogP contribution in [0.4, 0.5) is 0 Å². The summed E-state index contributed by atoms with van der Waals surface area (Å²) in [6.07, 6.45) is 2.17. The van der Waals surface area contributed by atoms with E-state index in [1.165, 1.54) is 0 Å². The van der Waals surface area contributed by atoms with Gasteiger partial charge in [-0.15, -0.1) is 0 Å². The Hall–Kier alpha value is -0.650. The maximum absolute atomic E-state index is 11.9. The van der Waals surface area contributed by atoms with Crippen LogP contribution in [-0.4, -0.2) is 60.9 Å². The van der Waals surface area contributed by atoms with Gasteiger partial charge < -0.3 is 15.2 Å². The molecule has 2 aliphatic heterocycles. The molecular weight excluding hydrogens is 208 g/mol. The minimum absolute atomic E-state index is 0.000862. The highest BCUT2D eigenvalue weighted by atomic mass is 16.5. The smallest absolute Gasteiger partial charge is 0.237 e. The number of ether oxygens (including phenoxy) is 1. The van der Waals surface area contributed by atoms with Crippen LogP contribution in [0.3, 0.4) is 0 Å². The Morgan fingerprint density at radius 3 is 2.94 bits per heavy atom. The number of likely N-dealkylation sites (tertiary alicyclic amines) is 1. The third-order valence-corrected chi connectivity index (χ3v) is 3.36. The van der Waals surface area contributed by atoms with Crippen LogP contribution in [0.25, 0.3) is 0 Å². The van der Waals surface area contributed by atoms with Gasteiger partial charge in [0.1, 0.15) is 0 Å². The first kappa shape index (κ1) is 11.8. The topological polar surface area (TPSA) is 61.8 Å². The summed E-state index contributed by atoms with van der Waals surface area (Å²) in [6.45, 7) is 1.89. The van der Waals surface area contributed by atoms with E-state index in [4.69, 9.17) is 4.74 Å². The Morgan fingerprint density at radius 1 is 1.50 bits per heavy atom. The van der Waals surface area contributed by atoms with Crippen LogP contribution >= 0.6 is 0 Å². The zero-order valence-corrected chi connectivity index (χ0v) is 9.69. The van der Waals surface area contributed by atoms with Gasteiger partial charge in [0.05, 0.1) is 31.4 Å². The van der Waals surface area contributed by atoms with Crippen molar-refractivity contribution in [1.29, 1.82) is 0 Å². The third-order valence-electron chi connectivity index (χ3n) is 3.36. The second kappa shape index (κ2) is 5.12. The largest absolute Gasteiger partial charge is 0.391 e. The van der Waals surface area contributed by atoms with Crippen LogP contribution in [0.1, 0.15) is 19.3 Å². The Morgan fingerprint density at radius 2 is 2.31 bits per heavy atom. The van der Waals surface area contributed by atoms with E-state index in [-0.39, 0.29) is 18.0 Å². The van der Waals surface area contributed by atoms with Crippen molar-refractivity contribution in [2.24, 2.45) is 0 Å². The number of amides is 1. The lowest BCUT2D eigenvalue weighted by molar-refractivity contribution is -0.127. The molecular formula is C11H20N2O3. The van der Waals surface area contributed by atoms with Crippen molar-refractivity contribution >= 4 is 5.91 Å². The van der Waals surface area contributed by atoms with Crippen molar-refractivity contribution in [2.75, 3.05) is 26.8 Å². The number of rotatable bonds is 2. The van der Waals surface area contributed by atoms with Gasteiger partial charge in [-0.05, 0) is 32.9 Å². The molecule has 3 atom stereocenters. The fourth-order valence-corrected chi connectivity index (χ4v) is 2.45. The van der Waals surface area contributed by atoms with Crippen molar-refractivity contribution < 1.29 is 14.6 Å². The zero-order chi connectivity index (χ0) is 11.5. The van der Waals surface area contributed by atoms with Gasteiger partial charge in [0.15, 0.2) is 0 Å². The number of hydrogen-bond donors (Lipinski definition) is 2. The predicted octanol–water partition coefficient (Wildman–Crippen LogP) is -0.653. The highest BCUT2D eigenvalue weighted by molar-refractivity contribution is 5.82. The minimum atomic E-state index is -0.444. The molecule has 0 aromatic carbocycles. The highest BCUT2D eigenvalue weighted by Gasteiger charge is 2.30. The van der Waals surface area contributed by atoms with Gasteiger partial charge in [0.2, 0.25) is 5.91 Å². The standard InChI is InChI=1S/C11H20N2O3/c1-13-4-2-3-10(13)11(15)12-8-5-9(14)7-16-6-8/h8-10,14H,2-7H2,1H3,(H,12,15). The van der Waals surface area contributed by atoms with Crippen LogP contribution in [0.2, 0.25) is 0 Å². The van der Waals surface area contributed by atoms with Gasteiger partial charge in [0, 0.05) is 0 Å². The molecule has 0 radical (unpaired) electrons. The van der Waals surface area contributed by atoms with Crippen LogP contribution in [0.5, 0.6) is 0 Å². The quantitative estimate of drug-likeness (QED) is 0.659. The molecule has 5 nitrogen and oxygen atoms in total. The van der Waals surface area contributed by atoms with E-state index < -0.39 is 6.10 Å². The molecule has 92 valence electrons. The lowest BCUT2D eigenvalue weighted by Crippen LogP contribution is -2.50. The average Bonchev–Trinajstić information content (AvgIpc) is 2.64. The lowest BCUT2D eigenvalue weighted by atomic mass is 10.1. The highest BCUT2D eigenvalue weighted by Crippen LogP contribution is 2.15. The van der Waals surface area contributed by atoms with Crippen molar-refractivity contribution in [3.8, 4) is 0 Å². The molecule has 0 spiro atoms. The summed E-state index contributed by atoms with van der Waals surface area (Å²) in [5, 5.41) is 12.4. The summed E-state index contributed by atoms with van der Waals surface area (Å²) in [5.41, 5.74) is 0. The molecule has 5 heteroatoms. The molecule has 0 aliphatic carbocycles. The normalized spacial score (nSPS) is 36.2. The van der Waals surface area contributed by atoms with Gasteiger partial charge in [-0.1, -0.05) is 0 Å². The molecule has 2 saturated heterocycles. The van der Waals surface area contributed by atoms with Crippen molar-refractivity contribution in [3.05, 3.63) is 0 Å². The Kier molecular flexibility index (Phi) is 3.78. The van der Waals surface area contributed by atoms with Gasteiger partial charge in [-0.2, -0.15) is 0 Å². The molecule has 0 bridgehead atoms. The van der Waals surface area contributed by atoms with E-state index in [9.17, 15) is 9.90 Å².